The van der Waals surface area contributed by atoms with Crippen LogP contribution in [-0.4, -0.2) is 102 Å². The van der Waals surface area contributed by atoms with Crippen molar-refractivity contribution in [1.29, 1.82) is 0 Å². The second-order valence-corrected chi connectivity index (χ2v) is 8.90. The number of nitrogens with zero attached hydrogens (tertiary/aromatic N) is 5. The van der Waals surface area contributed by atoms with Gasteiger partial charge in [0.25, 0.3) is 5.56 Å². The van der Waals surface area contributed by atoms with Crippen molar-refractivity contribution in [3.63, 3.8) is 0 Å². The van der Waals surface area contributed by atoms with Gasteiger partial charge in [0, 0.05) is 26.7 Å². The van der Waals surface area contributed by atoms with Crippen molar-refractivity contribution in [3.8, 4) is 0 Å². The third-order valence-electron chi connectivity index (χ3n) is 6.34. The first kappa shape index (κ1) is 27.3. The summed E-state index contributed by atoms with van der Waals surface area (Å²) in [6.45, 7) is -0.763. The first-order valence-electron chi connectivity index (χ1n) is 11.8. The lowest BCUT2D eigenvalue weighted by molar-refractivity contribution is -0.145. The van der Waals surface area contributed by atoms with Gasteiger partial charge in [0.2, 0.25) is 0 Å². The van der Waals surface area contributed by atoms with Gasteiger partial charge in [-0.1, -0.05) is 0 Å². The van der Waals surface area contributed by atoms with Crippen LogP contribution >= 0.6 is 0 Å². The summed E-state index contributed by atoms with van der Waals surface area (Å²) in [6, 6.07) is 0. The number of hydrogen-bond donors (Lipinski definition) is 3. The lowest BCUT2D eigenvalue weighted by Gasteiger charge is -2.31. The molecule has 0 bridgehead atoms. The third kappa shape index (κ3) is 5.26. The minimum atomic E-state index is -1.27. The summed E-state index contributed by atoms with van der Waals surface area (Å²) < 4.78 is 19.3. The Kier molecular flexibility index (Phi) is 8.11. The summed E-state index contributed by atoms with van der Waals surface area (Å²) in [5.74, 6) is -1.25. The van der Waals surface area contributed by atoms with Crippen molar-refractivity contribution in [2.45, 2.75) is 37.5 Å². The SMILES string of the molecule is Cn1c(=O)c2c(ncn2CC(=O)OCCCOC(=O)C2=CC=CN([C@@H]3O[C@H](CO)[C@@H](O)[C@H]3O)C2)n(C)c1=O. The summed E-state index contributed by atoms with van der Waals surface area (Å²) >= 11 is 0. The molecule has 0 aliphatic carbocycles. The van der Waals surface area contributed by atoms with Crippen LogP contribution in [0.2, 0.25) is 0 Å². The highest BCUT2D eigenvalue weighted by molar-refractivity contribution is 5.89. The number of esters is 2. The number of aromatic nitrogens is 4. The summed E-state index contributed by atoms with van der Waals surface area (Å²) in [4.78, 5) is 54.7. The van der Waals surface area contributed by atoms with Crippen molar-refractivity contribution in [1.82, 2.24) is 23.6 Å². The topological polar surface area (TPSA) is 188 Å². The number of hydrogen-bond acceptors (Lipinski definition) is 12. The molecule has 0 spiro atoms. The van der Waals surface area contributed by atoms with Crippen LogP contribution in [-0.2, 0) is 44.4 Å². The van der Waals surface area contributed by atoms with Gasteiger partial charge in [0.15, 0.2) is 17.4 Å². The van der Waals surface area contributed by atoms with Crippen molar-refractivity contribution in [2.24, 2.45) is 14.1 Å². The van der Waals surface area contributed by atoms with Gasteiger partial charge in [0.1, 0.15) is 24.9 Å². The maximum atomic E-state index is 12.5. The smallest absolute Gasteiger partial charge is 0.335 e. The number of rotatable bonds is 9. The van der Waals surface area contributed by atoms with Gasteiger partial charge in [0.05, 0.1) is 38.3 Å². The van der Waals surface area contributed by atoms with E-state index in [1.807, 2.05) is 0 Å². The molecule has 2 aliphatic rings. The fourth-order valence-electron chi connectivity index (χ4n) is 4.24. The standard InChI is InChI=1S/C23H29N5O10/c1-25-19-16(20(33)26(2)23(25)35)28(12-24-19)10-15(30)36-7-4-8-37-22(34)13-5-3-6-27(9-13)21-18(32)17(31)14(11-29)38-21/h3,5-6,12,14,17-18,21,29,31-32H,4,7-11H2,1-2H3/t14-,17-,18-,21-/m1/s1. The molecule has 3 N–H and O–H groups in total. The first-order valence-corrected chi connectivity index (χ1v) is 11.8. The highest BCUT2D eigenvalue weighted by Gasteiger charge is 2.45. The number of carbonyl (C=O) groups excluding carboxylic acids is 2. The Balaban J connectivity index is 1.22. The molecule has 15 nitrogen and oxygen atoms in total. The second-order valence-electron chi connectivity index (χ2n) is 8.90. The number of aryl methyl sites for hydroxylation is 1. The molecule has 4 heterocycles. The van der Waals surface area contributed by atoms with E-state index in [4.69, 9.17) is 14.2 Å². The molecule has 4 rings (SSSR count). The maximum absolute atomic E-state index is 12.5. The molecule has 0 radical (unpaired) electrons. The summed E-state index contributed by atoms with van der Waals surface area (Å²) in [7, 11) is 2.81. The van der Waals surface area contributed by atoms with E-state index in [9.17, 15) is 34.5 Å². The average molecular weight is 536 g/mol. The van der Waals surface area contributed by atoms with E-state index in [1.54, 1.807) is 18.4 Å². The fourth-order valence-corrected chi connectivity index (χ4v) is 4.24. The average Bonchev–Trinajstić information content (AvgIpc) is 3.46. The molecule has 2 aliphatic heterocycles. The van der Waals surface area contributed by atoms with Gasteiger partial charge >= 0.3 is 17.6 Å². The van der Waals surface area contributed by atoms with Gasteiger partial charge in [-0.25, -0.2) is 14.6 Å². The van der Waals surface area contributed by atoms with E-state index in [1.165, 1.54) is 34.5 Å². The van der Waals surface area contributed by atoms with Crippen LogP contribution < -0.4 is 11.2 Å². The fraction of sp³-hybridized carbons (Fsp3) is 0.522. The lowest BCUT2D eigenvalue weighted by Crippen LogP contribution is -2.43. The predicted molar refractivity (Wildman–Crippen MR) is 128 cm³/mol. The quantitative estimate of drug-likeness (QED) is 0.220. The molecule has 4 atom stereocenters. The summed E-state index contributed by atoms with van der Waals surface area (Å²) in [5, 5.41) is 29.4. The molecule has 0 aromatic carbocycles. The molecule has 0 unspecified atom stereocenters. The lowest BCUT2D eigenvalue weighted by atomic mass is 10.1. The van der Waals surface area contributed by atoms with E-state index >= 15 is 0 Å². The highest BCUT2D eigenvalue weighted by Crippen LogP contribution is 2.26. The van der Waals surface area contributed by atoms with Crippen LogP contribution in [0, 0.1) is 0 Å². The highest BCUT2D eigenvalue weighted by atomic mass is 16.6. The van der Waals surface area contributed by atoms with Crippen molar-refractivity contribution < 1.29 is 39.1 Å². The zero-order valence-electron chi connectivity index (χ0n) is 20.8. The molecule has 2 aromatic heterocycles. The Morgan fingerprint density at radius 2 is 1.87 bits per heavy atom. The van der Waals surface area contributed by atoms with Gasteiger partial charge in [-0.2, -0.15) is 0 Å². The molecule has 2 aromatic rings. The molecular weight excluding hydrogens is 506 g/mol. The van der Waals surface area contributed by atoms with E-state index in [0.717, 1.165) is 4.57 Å². The summed E-state index contributed by atoms with van der Waals surface area (Å²) in [6.07, 6.45) is 1.83. The van der Waals surface area contributed by atoms with Crippen molar-refractivity contribution in [3.05, 3.63) is 51.1 Å². The van der Waals surface area contributed by atoms with E-state index in [0.29, 0.717) is 0 Å². The molecule has 0 saturated carbocycles. The molecule has 206 valence electrons. The van der Waals surface area contributed by atoms with Crippen LogP contribution in [0.15, 0.2) is 39.8 Å². The Hall–Kier alpha value is -3.79. The molecule has 0 amide bonds. The van der Waals surface area contributed by atoms with Crippen LogP contribution in [0.1, 0.15) is 6.42 Å². The van der Waals surface area contributed by atoms with E-state index in [-0.39, 0.29) is 49.5 Å². The maximum Gasteiger partial charge on any atom is 0.335 e. The molecule has 15 heteroatoms. The zero-order valence-corrected chi connectivity index (χ0v) is 20.8. The number of ether oxygens (including phenoxy) is 3. The Morgan fingerprint density at radius 3 is 2.58 bits per heavy atom. The number of carbonyl (C=O) groups is 2. The molecule has 1 fully saturated rings. The van der Waals surface area contributed by atoms with Gasteiger partial charge in [-0.05, 0) is 12.2 Å². The van der Waals surface area contributed by atoms with E-state index < -0.39 is 54.3 Å². The monoisotopic (exact) mass is 535 g/mol. The zero-order chi connectivity index (χ0) is 27.6. The molecular formula is C23H29N5O10. The largest absolute Gasteiger partial charge is 0.464 e. The van der Waals surface area contributed by atoms with Crippen molar-refractivity contribution in [2.75, 3.05) is 26.4 Å². The van der Waals surface area contributed by atoms with Gasteiger partial charge in [-0.3, -0.25) is 18.7 Å². The first-order chi connectivity index (χ1) is 18.1. The third-order valence-corrected chi connectivity index (χ3v) is 6.34. The van der Waals surface area contributed by atoms with Crippen LogP contribution in [0.4, 0.5) is 0 Å². The van der Waals surface area contributed by atoms with Gasteiger partial charge < -0.3 is 39.0 Å². The molecule has 1 saturated heterocycles. The van der Waals surface area contributed by atoms with Crippen LogP contribution in [0.5, 0.6) is 0 Å². The minimum absolute atomic E-state index is 0.0301. The normalized spacial score (nSPS) is 23.1. The number of imidazole rings is 1. The number of fused-ring (bicyclic) bond motifs is 1. The minimum Gasteiger partial charge on any atom is -0.464 e. The van der Waals surface area contributed by atoms with Gasteiger partial charge in [-0.15, -0.1) is 0 Å². The Bertz CT molecular complexity index is 1390. The number of allylic oxidation sites excluding steroid dienone is 2. The Morgan fingerprint density at radius 1 is 1.13 bits per heavy atom. The van der Waals surface area contributed by atoms with E-state index in [2.05, 4.69) is 4.98 Å². The predicted octanol–water partition coefficient (Wildman–Crippen LogP) is -2.90. The van der Waals surface area contributed by atoms with Crippen LogP contribution in [0.25, 0.3) is 11.2 Å². The second kappa shape index (κ2) is 11.3. The Labute approximate surface area is 215 Å². The number of aliphatic hydroxyl groups excluding tert-OH is 3. The summed E-state index contributed by atoms with van der Waals surface area (Å²) in [5.41, 5.74) is -0.576. The molecule has 38 heavy (non-hydrogen) atoms. The van der Waals surface area contributed by atoms with Crippen molar-refractivity contribution >= 4 is 23.1 Å². The van der Waals surface area contributed by atoms with Crippen LogP contribution in [0.3, 0.4) is 0 Å². The number of aliphatic hydroxyl groups is 3.